The van der Waals surface area contributed by atoms with Gasteiger partial charge in [0, 0.05) is 43.3 Å². The van der Waals surface area contributed by atoms with E-state index in [1.165, 1.54) is 7.11 Å². The van der Waals surface area contributed by atoms with Crippen molar-refractivity contribution in [1.29, 1.82) is 0 Å². The number of benzene rings is 2. The van der Waals surface area contributed by atoms with Crippen molar-refractivity contribution >= 4 is 29.3 Å². The number of nitrogens with one attached hydrogen (secondary N) is 1. The summed E-state index contributed by atoms with van der Waals surface area (Å²) in [5, 5.41) is 3.45. The molecule has 0 aromatic heterocycles. The van der Waals surface area contributed by atoms with E-state index in [-0.39, 0.29) is 5.91 Å². The van der Waals surface area contributed by atoms with Gasteiger partial charge in [0.1, 0.15) is 6.04 Å². The Hall–Kier alpha value is -2.73. The highest BCUT2D eigenvalue weighted by Gasteiger charge is 2.28. The zero-order chi connectivity index (χ0) is 21.5. The Labute approximate surface area is 182 Å². The summed E-state index contributed by atoms with van der Waals surface area (Å²) >= 11 is 6.29. The number of halogens is 1. The Morgan fingerprint density at radius 3 is 2.57 bits per heavy atom. The highest BCUT2D eigenvalue weighted by atomic mass is 35.5. The number of alkyl carbamates (subject to hydrolysis) is 1. The van der Waals surface area contributed by atoms with Crippen LogP contribution >= 0.6 is 11.6 Å². The normalized spacial score (nSPS) is 15.3. The number of hydrogen-bond donors (Lipinski definition) is 1. The largest absolute Gasteiger partial charge is 0.453 e. The highest BCUT2D eigenvalue weighted by Crippen LogP contribution is 2.27. The van der Waals surface area contributed by atoms with Crippen LogP contribution in [-0.4, -0.2) is 56.2 Å². The van der Waals surface area contributed by atoms with E-state index < -0.39 is 12.1 Å². The number of hydrogen-bond acceptors (Lipinski definition) is 4. The number of carbonyl (C=O) groups excluding carboxylic acids is 2. The van der Waals surface area contributed by atoms with Crippen molar-refractivity contribution in [3.63, 3.8) is 0 Å². The van der Waals surface area contributed by atoms with Crippen LogP contribution in [-0.2, 0) is 16.0 Å². The van der Waals surface area contributed by atoms with Gasteiger partial charge >= 0.3 is 6.09 Å². The summed E-state index contributed by atoms with van der Waals surface area (Å²) in [5.41, 5.74) is 3.14. The second-order valence-electron chi connectivity index (χ2n) is 7.43. The van der Waals surface area contributed by atoms with Crippen LogP contribution < -0.4 is 10.2 Å². The summed E-state index contributed by atoms with van der Waals surface area (Å²) in [6.07, 6.45) is 0.659. The van der Waals surface area contributed by atoms with E-state index in [1.54, 1.807) is 0 Å². The summed E-state index contributed by atoms with van der Waals surface area (Å²) in [7, 11) is 1.30. The number of rotatable bonds is 5. The van der Waals surface area contributed by atoms with Gasteiger partial charge in [-0.15, -0.1) is 0 Å². The molecule has 0 spiro atoms. The van der Waals surface area contributed by atoms with Gasteiger partial charge in [-0.25, -0.2) is 4.79 Å². The molecular weight excluding hydrogens is 402 g/mol. The number of ether oxygens (including phenoxy) is 1. The molecule has 0 aliphatic carbocycles. The third-order valence-corrected chi connectivity index (χ3v) is 5.86. The van der Waals surface area contributed by atoms with E-state index in [2.05, 4.69) is 16.3 Å². The zero-order valence-electron chi connectivity index (χ0n) is 17.4. The highest BCUT2D eigenvalue weighted by molar-refractivity contribution is 6.31. The minimum absolute atomic E-state index is 0.0890. The average Bonchev–Trinajstić information content (AvgIpc) is 3.01. The minimum atomic E-state index is -0.667. The molecule has 1 atom stereocenters. The van der Waals surface area contributed by atoms with Crippen molar-refractivity contribution in [2.45, 2.75) is 25.8 Å². The van der Waals surface area contributed by atoms with Crippen LogP contribution in [0.1, 0.15) is 17.5 Å². The topological polar surface area (TPSA) is 61.9 Å². The van der Waals surface area contributed by atoms with Gasteiger partial charge in [0.25, 0.3) is 0 Å². The van der Waals surface area contributed by atoms with Gasteiger partial charge in [-0.3, -0.25) is 4.79 Å². The van der Waals surface area contributed by atoms with Gasteiger partial charge in [0.15, 0.2) is 0 Å². The number of anilines is 1. The second-order valence-corrected chi connectivity index (χ2v) is 7.84. The maximum Gasteiger partial charge on any atom is 0.407 e. The Kier molecular flexibility index (Phi) is 7.57. The van der Waals surface area contributed by atoms with Crippen molar-refractivity contribution < 1.29 is 14.3 Å². The van der Waals surface area contributed by atoms with E-state index in [4.69, 9.17) is 16.3 Å². The fraction of sp³-hybridized carbons (Fsp3) is 0.391. The molecule has 160 valence electrons. The first-order chi connectivity index (χ1) is 14.5. The standard InChI is InChI=1S/C23H28ClN3O3/c1-17-19(24)10-6-11-21(17)26-12-7-13-27(15-14-26)22(28)20(25-23(29)30-2)16-18-8-4-3-5-9-18/h3-6,8-11,20H,7,12-16H2,1-2H3,(H,25,29). The predicted molar refractivity (Wildman–Crippen MR) is 119 cm³/mol. The average molecular weight is 430 g/mol. The predicted octanol–water partition coefficient (Wildman–Crippen LogP) is 3.65. The molecule has 2 aromatic rings. The van der Waals surface area contributed by atoms with Gasteiger partial charge < -0.3 is 19.9 Å². The van der Waals surface area contributed by atoms with Gasteiger partial charge in [-0.05, 0) is 36.6 Å². The fourth-order valence-electron chi connectivity index (χ4n) is 3.79. The van der Waals surface area contributed by atoms with Crippen LogP contribution in [0.3, 0.4) is 0 Å². The molecule has 3 rings (SSSR count). The molecule has 0 bridgehead atoms. The zero-order valence-corrected chi connectivity index (χ0v) is 18.2. The Bertz CT molecular complexity index is 875. The molecule has 30 heavy (non-hydrogen) atoms. The van der Waals surface area contributed by atoms with Gasteiger partial charge in [0.2, 0.25) is 5.91 Å². The van der Waals surface area contributed by atoms with E-state index in [9.17, 15) is 9.59 Å². The van der Waals surface area contributed by atoms with Crippen LogP contribution in [0.15, 0.2) is 48.5 Å². The summed E-state index contributed by atoms with van der Waals surface area (Å²) in [6.45, 7) is 4.80. The van der Waals surface area contributed by atoms with Crippen LogP contribution in [0.4, 0.5) is 10.5 Å². The van der Waals surface area contributed by atoms with E-state index in [1.807, 2.05) is 54.3 Å². The molecule has 7 heteroatoms. The SMILES string of the molecule is COC(=O)NC(Cc1ccccc1)C(=O)N1CCCN(c2cccc(Cl)c2C)CC1. The fourth-order valence-corrected chi connectivity index (χ4v) is 3.96. The van der Waals surface area contributed by atoms with Crippen molar-refractivity contribution in [2.24, 2.45) is 0 Å². The van der Waals surface area contributed by atoms with Gasteiger partial charge in [-0.2, -0.15) is 0 Å². The van der Waals surface area contributed by atoms with Crippen molar-refractivity contribution in [2.75, 3.05) is 38.2 Å². The van der Waals surface area contributed by atoms with Crippen molar-refractivity contribution in [3.8, 4) is 0 Å². The van der Waals surface area contributed by atoms with Gasteiger partial charge in [-0.1, -0.05) is 48.0 Å². The molecular formula is C23H28ClN3O3. The maximum atomic E-state index is 13.3. The number of carbonyl (C=O) groups is 2. The van der Waals surface area contributed by atoms with Crippen molar-refractivity contribution in [1.82, 2.24) is 10.2 Å². The molecule has 1 aliphatic heterocycles. The summed E-state index contributed by atoms with van der Waals surface area (Å²) < 4.78 is 4.74. The van der Waals surface area contributed by atoms with Crippen LogP contribution in [0, 0.1) is 6.92 Å². The van der Waals surface area contributed by atoms with Crippen LogP contribution in [0.5, 0.6) is 0 Å². The quantitative estimate of drug-likeness (QED) is 0.788. The lowest BCUT2D eigenvalue weighted by Crippen LogP contribution is -2.50. The third kappa shape index (κ3) is 5.45. The van der Waals surface area contributed by atoms with Crippen molar-refractivity contribution in [3.05, 3.63) is 64.7 Å². The first-order valence-corrected chi connectivity index (χ1v) is 10.5. The van der Waals surface area contributed by atoms with Crippen LogP contribution in [0.2, 0.25) is 5.02 Å². The molecule has 2 aromatic carbocycles. The Morgan fingerprint density at radius 2 is 1.83 bits per heavy atom. The third-order valence-electron chi connectivity index (χ3n) is 5.45. The molecule has 1 unspecified atom stereocenters. The molecule has 0 radical (unpaired) electrons. The van der Waals surface area contributed by atoms with Gasteiger partial charge in [0.05, 0.1) is 7.11 Å². The molecule has 1 aliphatic rings. The molecule has 1 heterocycles. The Morgan fingerprint density at radius 1 is 1.07 bits per heavy atom. The second kappa shape index (κ2) is 10.3. The number of amides is 2. The van der Waals surface area contributed by atoms with E-state index in [0.717, 1.165) is 34.8 Å². The molecule has 2 amide bonds. The summed E-state index contributed by atoms with van der Waals surface area (Å²) in [6, 6.07) is 14.9. The van der Waals surface area contributed by atoms with E-state index >= 15 is 0 Å². The number of methoxy groups -OCH3 is 1. The lowest BCUT2D eigenvalue weighted by atomic mass is 10.0. The molecule has 6 nitrogen and oxygen atoms in total. The maximum absolute atomic E-state index is 13.3. The first-order valence-electron chi connectivity index (χ1n) is 10.2. The van der Waals surface area contributed by atoms with Crippen LogP contribution in [0.25, 0.3) is 0 Å². The monoisotopic (exact) mass is 429 g/mol. The molecule has 1 fully saturated rings. The molecule has 0 saturated carbocycles. The number of nitrogens with zero attached hydrogens (tertiary/aromatic N) is 2. The Balaban J connectivity index is 1.71. The van der Waals surface area contributed by atoms with E-state index in [0.29, 0.717) is 26.1 Å². The lowest BCUT2D eigenvalue weighted by molar-refractivity contribution is -0.133. The smallest absolute Gasteiger partial charge is 0.407 e. The lowest BCUT2D eigenvalue weighted by Gasteiger charge is -2.28. The summed E-state index contributed by atoms with van der Waals surface area (Å²) in [5.74, 6) is -0.0890. The first kappa shape index (κ1) is 22.0. The summed E-state index contributed by atoms with van der Waals surface area (Å²) in [4.78, 5) is 29.2. The minimum Gasteiger partial charge on any atom is -0.453 e. The molecule has 1 saturated heterocycles. The molecule has 1 N–H and O–H groups in total.